The number of hydrazine groups is 1. The van der Waals surface area contributed by atoms with Gasteiger partial charge in [-0.1, -0.05) is 16.8 Å². The molecule has 3 N–H and O–H groups in total. The van der Waals surface area contributed by atoms with E-state index in [1.54, 1.807) is 35.0 Å². The van der Waals surface area contributed by atoms with Crippen LogP contribution in [-0.2, 0) is 0 Å². The van der Waals surface area contributed by atoms with Crippen LogP contribution in [0.25, 0.3) is 28.2 Å². The number of nitrogens with zero attached hydrogens (tertiary/aromatic N) is 4. The van der Waals surface area contributed by atoms with Gasteiger partial charge in [0.15, 0.2) is 6.26 Å². The van der Waals surface area contributed by atoms with Crippen LogP contribution in [0.2, 0.25) is 5.02 Å². The molecular formula is C15H10ClFN6O. The van der Waals surface area contributed by atoms with Crippen molar-refractivity contribution in [2.45, 2.75) is 0 Å². The Hall–Kier alpha value is -2.97. The van der Waals surface area contributed by atoms with Crippen LogP contribution in [0.1, 0.15) is 0 Å². The number of aromatic nitrogens is 4. The van der Waals surface area contributed by atoms with Gasteiger partial charge in [-0.05, 0) is 30.3 Å². The Morgan fingerprint density at radius 3 is 2.83 bits per heavy atom. The number of nitrogens with one attached hydrogen (secondary N) is 1. The molecule has 3 aromatic heterocycles. The quantitative estimate of drug-likeness (QED) is 0.438. The van der Waals surface area contributed by atoms with E-state index in [0.29, 0.717) is 33.4 Å². The van der Waals surface area contributed by atoms with E-state index in [0.717, 1.165) is 0 Å². The summed E-state index contributed by atoms with van der Waals surface area (Å²) in [5, 5.41) is 4.21. The Kier molecular flexibility index (Phi) is 3.40. The highest BCUT2D eigenvalue weighted by atomic mass is 35.5. The molecule has 3 heterocycles. The van der Waals surface area contributed by atoms with Gasteiger partial charge < -0.3 is 9.95 Å². The van der Waals surface area contributed by atoms with Crippen LogP contribution in [0, 0.1) is 5.82 Å². The molecule has 4 rings (SSSR count). The first-order valence-corrected chi connectivity index (χ1v) is 7.26. The maximum absolute atomic E-state index is 14.4. The van der Waals surface area contributed by atoms with Crippen molar-refractivity contribution in [1.82, 2.24) is 19.7 Å². The second-order valence-electron chi connectivity index (χ2n) is 4.97. The summed E-state index contributed by atoms with van der Waals surface area (Å²) in [6.07, 6.45) is 2.98. The van der Waals surface area contributed by atoms with Crippen molar-refractivity contribution in [2.75, 3.05) is 5.43 Å². The van der Waals surface area contributed by atoms with E-state index >= 15 is 0 Å². The molecular weight excluding hydrogens is 335 g/mol. The molecule has 24 heavy (non-hydrogen) atoms. The zero-order chi connectivity index (χ0) is 16.7. The van der Waals surface area contributed by atoms with E-state index < -0.39 is 5.82 Å². The fourth-order valence-electron chi connectivity index (χ4n) is 2.42. The SMILES string of the molecule is NNc1ccc(-c2nc3conc3n2-c2ccc(Cl)cc2F)cn1. The largest absolute Gasteiger partial charge is 0.360 e. The van der Waals surface area contributed by atoms with E-state index in [4.69, 9.17) is 22.0 Å². The van der Waals surface area contributed by atoms with Gasteiger partial charge in [0.1, 0.15) is 23.0 Å². The van der Waals surface area contributed by atoms with Crippen LogP contribution >= 0.6 is 11.6 Å². The maximum atomic E-state index is 14.4. The molecule has 7 nitrogen and oxygen atoms in total. The summed E-state index contributed by atoms with van der Waals surface area (Å²) in [4.78, 5) is 8.61. The molecule has 4 aromatic rings. The molecule has 0 fully saturated rings. The van der Waals surface area contributed by atoms with Gasteiger partial charge in [0, 0.05) is 16.8 Å². The third-order valence-corrected chi connectivity index (χ3v) is 3.74. The van der Waals surface area contributed by atoms with Gasteiger partial charge in [0.05, 0.1) is 5.69 Å². The van der Waals surface area contributed by atoms with E-state index in [9.17, 15) is 4.39 Å². The molecule has 0 unspecified atom stereocenters. The summed E-state index contributed by atoms with van der Waals surface area (Å²) in [5.74, 6) is 5.79. The Balaban J connectivity index is 1.97. The number of nitrogen functional groups attached to an aromatic ring is 1. The molecule has 0 aliphatic heterocycles. The van der Waals surface area contributed by atoms with Crippen LogP contribution in [0.15, 0.2) is 47.3 Å². The standard InChI is InChI=1S/C15H10ClFN6O/c16-9-2-3-12(10(17)5-9)23-14(20-11-7-24-22-15(11)23)8-1-4-13(21-18)19-6-8/h1-7H,18H2,(H,19,21). The molecule has 0 saturated carbocycles. The summed E-state index contributed by atoms with van der Waals surface area (Å²) >= 11 is 5.84. The van der Waals surface area contributed by atoms with Crippen LogP contribution in [0.3, 0.4) is 0 Å². The van der Waals surface area contributed by atoms with E-state index in [1.165, 1.54) is 12.3 Å². The minimum absolute atomic E-state index is 0.256. The van der Waals surface area contributed by atoms with E-state index in [2.05, 4.69) is 20.6 Å². The molecule has 0 amide bonds. The number of halogens is 2. The molecule has 9 heteroatoms. The van der Waals surface area contributed by atoms with Crippen molar-refractivity contribution >= 4 is 28.6 Å². The van der Waals surface area contributed by atoms with Crippen LogP contribution < -0.4 is 11.3 Å². The number of anilines is 1. The van der Waals surface area contributed by atoms with Crippen molar-refractivity contribution in [1.29, 1.82) is 0 Å². The topological polar surface area (TPSA) is 94.8 Å². The number of nitrogens with two attached hydrogens (primary N) is 1. The van der Waals surface area contributed by atoms with Crippen LogP contribution in [-0.4, -0.2) is 19.7 Å². The lowest BCUT2D eigenvalue weighted by Gasteiger charge is -2.09. The number of pyridine rings is 1. The van der Waals surface area contributed by atoms with E-state index in [1.807, 2.05) is 0 Å². The summed E-state index contributed by atoms with van der Waals surface area (Å²) in [5.41, 5.74) is 4.27. The molecule has 0 aliphatic carbocycles. The maximum Gasteiger partial charge on any atom is 0.208 e. The molecule has 0 bridgehead atoms. The zero-order valence-corrected chi connectivity index (χ0v) is 12.8. The summed E-state index contributed by atoms with van der Waals surface area (Å²) < 4.78 is 20.9. The summed E-state index contributed by atoms with van der Waals surface area (Å²) in [7, 11) is 0. The number of rotatable bonds is 3. The molecule has 0 spiro atoms. The first-order valence-electron chi connectivity index (χ1n) is 6.88. The second-order valence-corrected chi connectivity index (χ2v) is 5.40. The van der Waals surface area contributed by atoms with Gasteiger partial charge >= 0.3 is 0 Å². The lowest BCUT2D eigenvalue weighted by molar-refractivity contribution is 0.424. The third kappa shape index (κ3) is 2.29. The Labute approximate surface area is 139 Å². The highest BCUT2D eigenvalue weighted by Gasteiger charge is 2.20. The lowest BCUT2D eigenvalue weighted by atomic mass is 10.2. The first kappa shape index (κ1) is 14.6. The monoisotopic (exact) mass is 344 g/mol. The van der Waals surface area contributed by atoms with Gasteiger partial charge in [0.25, 0.3) is 0 Å². The van der Waals surface area contributed by atoms with Gasteiger partial charge in [-0.15, -0.1) is 0 Å². The van der Waals surface area contributed by atoms with Crippen LogP contribution in [0.4, 0.5) is 10.2 Å². The number of benzene rings is 1. The Bertz CT molecular complexity index is 1030. The first-order chi connectivity index (χ1) is 11.7. The minimum Gasteiger partial charge on any atom is -0.360 e. The molecule has 0 radical (unpaired) electrons. The normalized spacial score (nSPS) is 11.1. The van der Waals surface area contributed by atoms with Gasteiger partial charge in [0.2, 0.25) is 5.65 Å². The van der Waals surface area contributed by atoms with Gasteiger partial charge in [-0.25, -0.2) is 20.2 Å². The predicted octanol–water partition coefficient (Wildman–Crippen LogP) is 3.15. The van der Waals surface area contributed by atoms with Crippen molar-refractivity contribution < 1.29 is 8.91 Å². The average Bonchev–Trinajstić information content (AvgIpc) is 3.16. The zero-order valence-electron chi connectivity index (χ0n) is 12.1. The fourth-order valence-corrected chi connectivity index (χ4v) is 2.58. The van der Waals surface area contributed by atoms with Gasteiger partial charge in [-0.3, -0.25) is 4.57 Å². The van der Waals surface area contributed by atoms with Gasteiger partial charge in [-0.2, -0.15) is 0 Å². The number of imidazole rings is 1. The number of fused-ring (bicyclic) bond motifs is 1. The lowest BCUT2D eigenvalue weighted by Crippen LogP contribution is -2.08. The Morgan fingerprint density at radius 2 is 2.12 bits per heavy atom. The molecule has 0 aliphatic rings. The minimum atomic E-state index is -0.501. The highest BCUT2D eigenvalue weighted by molar-refractivity contribution is 6.30. The predicted molar refractivity (Wildman–Crippen MR) is 87.1 cm³/mol. The molecule has 0 atom stereocenters. The van der Waals surface area contributed by atoms with E-state index in [-0.39, 0.29) is 5.69 Å². The van der Waals surface area contributed by atoms with Crippen molar-refractivity contribution in [2.24, 2.45) is 5.84 Å². The summed E-state index contributed by atoms with van der Waals surface area (Å²) in [6.45, 7) is 0. The highest BCUT2D eigenvalue weighted by Crippen LogP contribution is 2.30. The summed E-state index contributed by atoms with van der Waals surface area (Å²) in [6, 6.07) is 7.84. The molecule has 1 aromatic carbocycles. The third-order valence-electron chi connectivity index (χ3n) is 3.50. The molecule has 120 valence electrons. The van der Waals surface area contributed by atoms with Crippen molar-refractivity contribution in [3.05, 3.63) is 53.6 Å². The number of hydrogen-bond donors (Lipinski definition) is 2. The smallest absolute Gasteiger partial charge is 0.208 e. The van der Waals surface area contributed by atoms with Crippen molar-refractivity contribution in [3.63, 3.8) is 0 Å². The number of hydrogen-bond acceptors (Lipinski definition) is 6. The van der Waals surface area contributed by atoms with Crippen molar-refractivity contribution in [3.8, 4) is 17.1 Å². The average molecular weight is 345 g/mol. The molecule has 0 saturated heterocycles. The second kappa shape index (κ2) is 5.59. The van der Waals surface area contributed by atoms with Crippen LogP contribution in [0.5, 0.6) is 0 Å². The Morgan fingerprint density at radius 1 is 1.25 bits per heavy atom. The fraction of sp³-hybridized carbons (Fsp3) is 0.